The zero-order chi connectivity index (χ0) is 4.28. The maximum atomic E-state index is 9.52. The van der Waals surface area contributed by atoms with Gasteiger partial charge in [0.2, 0.25) is 0 Å². The molecule has 0 heterocycles. The van der Waals surface area contributed by atoms with E-state index in [0.717, 1.165) is 0 Å². The van der Waals surface area contributed by atoms with Gasteiger partial charge in [0.05, 0.1) is 0 Å². The molecule has 0 radical (unpaired) electrons. The predicted molar refractivity (Wildman–Crippen MR) is 20.4 cm³/mol. The Morgan fingerprint density at radius 1 is 1.83 bits per heavy atom. The maximum Gasteiger partial charge on any atom is 0.505 e. The van der Waals surface area contributed by atoms with Crippen LogP contribution in [0.4, 0.5) is 0 Å². The molecule has 0 rings (SSSR count). The van der Waals surface area contributed by atoms with Crippen LogP contribution in [0.25, 0.3) is 0 Å². The van der Waals surface area contributed by atoms with Crippen molar-refractivity contribution in [3.63, 3.8) is 0 Å². The van der Waals surface area contributed by atoms with Crippen LogP contribution in [0, 0.1) is 40.4 Å². The molecule has 0 bridgehead atoms. The average molecular weight is 243 g/mol. The minimum absolute atomic E-state index is 0. The van der Waals surface area contributed by atoms with Gasteiger partial charge in [-0.2, -0.15) is 4.89 Å². The van der Waals surface area contributed by atoms with Crippen molar-refractivity contribution in [1.29, 1.82) is 0 Å². The van der Waals surface area contributed by atoms with Gasteiger partial charge in [0, 0.05) is 40.4 Å². The Morgan fingerprint density at radius 2 is 2.00 bits per heavy atom. The smallest absolute Gasteiger partial charge is 0.161 e. The van der Waals surface area contributed by atoms with Crippen LogP contribution < -0.4 is 0 Å². The molecule has 0 aromatic rings. The fourth-order valence-electron chi connectivity index (χ4n) is 0. The maximum absolute atomic E-state index is 9.52. The van der Waals surface area contributed by atoms with E-state index in [0.29, 0.717) is 6.16 Å². The second-order valence-corrected chi connectivity index (χ2v) is 2.01. The standard InChI is InChI=1S/C2H5O2P.Sm/c1-2-5(3)4;/h2H2,1H3;/p+1. The molecule has 1 N–H and O–H groups in total. The molecule has 0 amide bonds. The molecule has 0 aromatic carbocycles. The van der Waals surface area contributed by atoms with E-state index in [1.807, 2.05) is 0 Å². The van der Waals surface area contributed by atoms with Gasteiger partial charge in [0.15, 0.2) is 6.16 Å². The Hall–Kier alpha value is 1.40. The largest absolute Gasteiger partial charge is 0.505 e. The Kier molecular flexibility index (Phi) is 11.1. The molecule has 0 aliphatic rings. The van der Waals surface area contributed by atoms with Gasteiger partial charge in [-0.15, -0.1) is 0 Å². The first-order chi connectivity index (χ1) is 2.27. The van der Waals surface area contributed by atoms with Crippen LogP contribution in [0.3, 0.4) is 0 Å². The van der Waals surface area contributed by atoms with Crippen molar-refractivity contribution in [2.75, 3.05) is 6.16 Å². The van der Waals surface area contributed by atoms with E-state index in [-0.39, 0.29) is 40.4 Å². The van der Waals surface area contributed by atoms with Crippen molar-refractivity contribution >= 4 is 8.03 Å². The SMILES string of the molecule is CC[P+](=O)O.[Sm]. The summed E-state index contributed by atoms with van der Waals surface area (Å²) in [6.45, 7) is 1.67. The second kappa shape index (κ2) is 6.40. The Balaban J connectivity index is 0. The van der Waals surface area contributed by atoms with Gasteiger partial charge in [-0.05, 0) is 11.5 Å². The van der Waals surface area contributed by atoms with Crippen LogP contribution in [0.2, 0.25) is 0 Å². The van der Waals surface area contributed by atoms with E-state index in [9.17, 15) is 4.57 Å². The summed E-state index contributed by atoms with van der Waals surface area (Å²) in [5.74, 6) is 0. The van der Waals surface area contributed by atoms with Gasteiger partial charge >= 0.3 is 8.03 Å². The first-order valence-electron chi connectivity index (χ1n) is 1.41. The minimum Gasteiger partial charge on any atom is -0.161 e. The van der Waals surface area contributed by atoms with Crippen LogP contribution in [-0.4, -0.2) is 11.1 Å². The Bertz CT molecular complexity index is 46.8. The molecule has 1 unspecified atom stereocenters. The third-order valence-corrected chi connectivity index (χ3v) is 0.812. The van der Waals surface area contributed by atoms with E-state index in [2.05, 4.69) is 0 Å². The fraction of sp³-hybridized carbons (Fsp3) is 1.00. The van der Waals surface area contributed by atoms with Gasteiger partial charge < -0.3 is 0 Å². The molecule has 0 aromatic heterocycles. The molecule has 4 heteroatoms. The first kappa shape index (κ1) is 10.4. The molecule has 36 valence electrons. The molecule has 0 saturated carbocycles. The Labute approximate surface area is 70.3 Å². The van der Waals surface area contributed by atoms with E-state index in [1.54, 1.807) is 6.92 Å². The summed E-state index contributed by atoms with van der Waals surface area (Å²) in [4.78, 5) is 7.87. The molecule has 0 aliphatic heterocycles. The molecule has 2 nitrogen and oxygen atoms in total. The average Bonchev–Trinajstić information content (AvgIpc) is 1.38. The van der Waals surface area contributed by atoms with Crippen molar-refractivity contribution in [2.24, 2.45) is 0 Å². The third kappa shape index (κ3) is 9.04. The molecular formula is C2H6O2PSm+. The van der Waals surface area contributed by atoms with Crippen LogP contribution in [0.15, 0.2) is 0 Å². The van der Waals surface area contributed by atoms with E-state index in [4.69, 9.17) is 4.89 Å². The Morgan fingerprint density at radius 3 is 2.00 bits per heavy atom. The van der Waals surface area contributed by atoms with Gasteiger partial charge in [-0.25, -0.2) is 0 Å². The summed E-state index contributed by atoms with van der Waals surface area (Å²) in [5.41, 5.74) is 0. The van der Waals surface area contributed by atoms with Gasteiger partial charge in [-0.3, -0.25) is 0 Å². The summed E-state index contributed by atoms with van der Waals surface area (Å²) < 4.78 is 9.52. The molecule has 6 heavy (non-hydrogen) atoms. The normalized spacial score (nSPS) is 9.33. The molecule has 0 fully saturated rings. The molecule has 0 spiro atoms. The second-order valence-electron chi connectivity index (χ2n) is 0.668. The van der Waals surface area contributed by atoms with Crippen molar-refractivity contribution in [1.82, 2.24) is 0 Å². The molecular weight excluding hydrogens is 237 g/mol. The monoisotopic (exact) mass is 245 g/mol. The summed E-state index contributed by atoms with van der Waals surface area (Å²) in [7, 11) is -1.85. The quantitative estimate of drug-likeness (QED) is 0.690. The summed E-state index contributed by atoms with van der Waals surface area (Å²) in [6, 6.07) is 0. The van der Waals surface area contributed by atoms with E-state index >= 15 is 0 Å². The zero-order valence-corrected chi connectivity index (χ0v) is 6.93. The fourth-order valence-corrected chi connectivity index (χ4v) is 0. The van der Waals surface area contributed by atoms with Crippen molar-refractivity contribution in [3.05, 3.63) is 0 Å². The number of hydrogen-bond donors (Lipinski definition) is 1. The van der Waals surface area contributed by atoms with Crippen LogP contribution >= 0.6 is 8.03 Å². The summed E-state index contributed by atoms with van der Waals surface area (Å²) in [5, 5.41) is 0. The predicted octanol–water partition coefficient (Wildman–Crippen LogP) is 0.741. The zero-order valence-electron chi connectivity index (χ0n) is 3.42. The van der Waals surface area contributed by atoms with Crippen molar-refractivity contribution in [2.45, 2.75) is 6.92 Å². The van der Waals surface area contributed by atoms with E-state index in [1.165, 1.54) is 0 Å². The molecule has 0 saturated heterocycles. The molecule has 0 aliphatic carbocycles. The third-order valence-electron chi connectivity index (χ3n) is 0.271. The van der Waals surface area contributed by atoms with Gasteiger partial charge in [-0.1, -0.05) is 0 Å². The summed E-state index contributed by atoms with van der Waals surface area (Å²) >= 11 is 0. The van der Waals surface area contributed by atoms with E-state index < -0.39 is 8.03 Å². The minimum atomic E-state index is -1.85. The van der Waals surface area contributed by atoms with Crippen LogP contribution in [0.1, 0.15) is 6.92 Å². The van der Waals surface area contributed by atoms with Gasteiger partial charge in [0.25, 0.3) is 0 Å². The summed E-state index contributed by atoms with van der Waals surface area (Å²) in [6.07, 6.45) is 0.370. The topological polar surface area (TPSA) is 37.3 Å². The first-order valence-corrected chi connectivity index (χ1v) is 2.80. The van der Waals surface area contributed by atoms with Crippen molar-refractivity contribution < 1.29 is 49.8 Å². The number of hydrogen-bond acceptors (Lipinski definition) is 1. The molecule has 1 atom stereocenters. The van der Waals surface area contributed by atoms with Crippen molar-refractivity contribution in [3.8, 4) is 0 Å². The number of rotatable bonds is 1. The van der Waals surface area contributed by atoms with Gasteiger partial charge in [0.1, 0.15) is 0 Å². The van der Waals surface area contributed by atoms with Crippen LogP contribution in [-0.2, 0) is 4.57 Å². The van der Waals surface area contributed by atoms with Crippen LogP contribution in [0.5, 0.6) is 0 Å².